The van der Waals surface area contributed by atoms with Crippen LogP contribution >= 0.6 is 0 Å². The van der Waals surface area contributed by atoms with Crippen LogP contribution in [0.5, 0.6) is 0 Å². The highest BCUT2D eigenvalue weighted by Crippen LogP contribution is 2.11. The summed E-state index contributed by atoms with van der Waals surface area (Å²) in [7, 11) is 1.87. The van der Waals surface area contributed by atoms with Gasteiger partial charge in [-0.25, -0.2) is 0 Å². The Labute approximate surface area is 86.5 Å². The maximum absolute atomic E-state index is 10.4. The molecule has 1 N–H and O–H groups in total. The Bertz CT molecular complexity index is 484. The fraction of sp³-hybridized carbons (Fsp3) is 0.333. The molecule has 0 saturated carbocycles. The predicted octanol–water partition coefficient (Wildman–Crippen LogP) is 0.790. The number of aromatic nitrogens is 4. The van der Waals surface area contributed by atoms with Gasteiger partial charge in [0.25, 0.3) is 0 Å². The van der Waals surface area contributed by atoms with Crippen molar-refractivity contribution in [3.05, 3.63) is 34.8 Å². The molecule has 15 heavy (non-hydrogen) atoms. The van der Waals surface area contributed by atoms with E-state index in [9.17, 15) is 4.91 Å². The molecule has 78 valence electrons. The van der Waals surface area contributed by atoms with Gasteiger partial charge in [-0.2, -0.15) is 10.2 Å². The molecule has 2 aromatic heterocycles. The lowest BCUT2D eigenvalue weighted by molar-refractivity contribution is -0.742. The largest absolute Gasteiger partial charge is 0.275 e. The van der Waals surface area contributed by atoms with Crippen molar-refractivity contribution >= 4 is 5.69 Å². The quantitative estimate of drug-likeness (QED) is 0.596. The zero-order valence-electron chi connectivity index (χ0n) is 8.64. The summed E-state index contributed by atoms with van der Waals surface area (Å²) in [4.78, 5) is 10.4. The van der Waals surface area contributed by atoms with Gasteiger partial charge in [0.05, 0.1) is 0 Å². The van der Waals surface area contributed by atoms with Crippen molar-refractivity contribution in [3.8, 4) is 0 Å². The first-order valence-corrected chi connectivity index (χ1v) is 4.60. The van der Waals surface area contributed by atoms with Crippen LogP contribution in [-0.4, -0.2) is 14.9 Å². The summed E-state index contributed by atoms with van der Waals surface area (Å²) >= 11 is 0. The number of nitroso groups, excluding NO2 is 1. The van der Waals surface area contributed by atoms with Gasteiger partial charge in [-0.15, -0.1) is 9.59 Å². The van der Waals surface area contributed by atoms with Crippen LogP contribution in [0.2, 0.25) is 0 Å². The Kier molecular flexibility index (Phi) is 2.32. The van der Waals surface area contributed by atoms with E-state index in [2.05, 4.69) is 15.4 Å². The standard InChI is InChI=1S/C9H11N5O/c1-7-9(12-15)6-14(10-7)5-8-3-4-13(2)11-8/h3-4,6H,5H2,1-2H3/p+1. The average Bonchev–Trinajstić information content (AvgIpc) is 2.73. The van der Waals surface area contributed by atoms with Gasteiger partial charge >= 0.3 is 0 Å². The topological polar surface area (TPSA) is 66.9 Å². The van der Waals surface area contributed by atoms with Crippen molar-refractivity contribution in [2.45, 2.75) is 13.5 Å². The molecule has 0 unspecified atom stereocenters. The first-order valence-electron chi connectivity index (χ1n) is 4.60. The predicted molar refractivity (Wildman–Crippen MR) is 53.5 cm³/mol. The first kappa shape index (κ1) is 9.57. The van der Waals surface area contributed by atoms with E-state index in [1.54, 1.807) is 15.6 Å². The summed E-state index contributed by atoms with van der Waals surface area (Å²) in [6.45, 7) is 2.42. The van der Waals surface area contributed by atoms with Crippen molar-refractivity contribution in [1.29, 1.82) is 0 Å². The first-order chi connectivity index (χ1) is 7.19. The lowest BCUT2D eigenvalue weighted by Gasteiger charge is -1.87. The lowest BCUT2D eigenvalue weighted by Crippen LogP contribution is -2.35. The number of rotatable bonds is 3. The Balaban J connectivity index is 2.20. The maximum Gasteiger partial charge on any atom is 0.225 e. The van der Waals surface area contributed by atoms with Crippen molar-refractivity contribution in [2.24, 2.45) is 12.2 Å². The van der Waals surface area contributed by atoms with Crippen LogP contribution in [0.3, 0.4) is 0 Å². The van der Waals surface area contributed by atoms with Crippen molar-refractivity contribution < 1.29 is 4.68 Å². The number of aromatic amines is 1. The molecule has 2 heterocycles. The molecule has 0 saturated heterocycles. The number of H-pyrrole nitrogens is 1. The lowest BCUT2D eigenvalue weighted by atomic mass is 10.4. The van der Waals surface area contributed by atoms with E-state index in [1.165, 1.54) is 0 Å². The molecule has 0 bridgehead atoms. The average molecular weight is 206 g/mol. The van der Waals surface area contributed by atoms with Crippen LogP contribution in [0.4, 0.5) is 5.69 Å². The highest BCUT2D eigenvalue weighted by molar-refractivity contribution is 5.35. The van der Waals surface area contributed by atoms with Gasteiger partial charge in [-0.05, 0) is 18.2 Å². The third-order valence-electron chi connectivity index (χ3n) is 2.17. The number of nitrogens with one attached hydrogen (secondary N) is 1. The minimum atomic E-state index is 0.436. The highest BCUT2D eigenvalue weighted by Gasteiger charge is 2.13. The molecular formula is C9H12N5O+. The third kappa shape index (κ3) is 1.93. The number of hydrogen-bond acceptors (Lipinski definition) is 3. The second-order valence-corrected chi connectivity index (χ2v) is 3.45. The van der Waals surface area contributed by atoms with Crippen LogP contribution in [-0.2, 0) is 13.6 Å². The van der Waals surface area contributed by atoms with E-state index in [4.69, 9.17) is 0 Å². The molecule has 0 radical (unpaired) electrons. The van der Waals surface area contributed by atoms with Gasteiger partial charge < -0.3 is 0 Å². The molecule has 0 aromatic carbocycles. The Morgan fingerprint density at radius 1 is 1.67 bits per heavy atom. The molecule has 0 aliphatic heterocycles. The van der Waals surface area contributed by atoms with Crippen molar-refractivity contribution in [1.82, 2.24) is 14.9 Å². The van der Waals surface area contributed by atoms with Crippen LogP contribution < -0.4 is 4.68 Å². The number of hydrogen-bond donors (Lipinski definition) is 1. The molecule has 2 aromatic rings. The van der Waals surface area contributed by atoms with Gasteiger partial charge in [0.15, 0.2) is 5.69 Å². The fourth-order valence-electron chi connectivity index (χ4n) is 1.45. The van der Waals surface area contributed by atoms with Gasteiger partial charge in [-0.3, -0.25) is 4.68 Å². The minimum Gasteiger partial charge on any atom is -0.275 e. The van der Waals surface area contributed by atoms with Crippen molar-refractivity contribution in [3.63, 3.8) is 0 Å². The van der Waals surface area contributed by atoms with Gasteiger partial charge in [0.2, 0.25) is 12.7 Å². The molecule has 0 fully saturated rings. The van der Waals surface area contributed by atoms with Crippen molar-refractivity contribution in [2.75, 3.05) is 0 Å². The molecule has 0 amide bonds. The molecule has 6 heteroatoms. The summed E-state index contributed by atoms with van der Waals surface area (Å²) in [6.07, 6.45) is 3.56. The second kappa shape index (κ2) is 3.64. The summed E-state index contributed by atoms with van der Waals surface area (Å²) in [5.74, 6) is 0. The smallest absolute Gasteiger partial charge is 0.225 e. The zero-order valence-corrected chi connectivity index (χ0v) is 8.64. The van der Waals surface area contributed by atoms with Crippen LogP contribution in [0.25, 0.3) is 0 Å². The van der Waals surface area contributed by atoms with E-state index in [0.717, 1.165) is 11.4 Å². The van der Waals surface area contributed by atoms with Gasteiger partial charge in [0.1, 0.15) is 11.4 Å². The Morgan fingerprint density at radius 3 is 3.00 bits per heavy atom. The summed E-state index contributed by atoms with van der Waals surface area (Å²) in [6, 6.07) is 1.93. The highest BCUT2D eigenvalue weighted by atomic mass is 16.3. The number of nitrogens with zero attached hydrogens (tertiary/aromatic N) is 4. The molecule has 2 rings (SSSR count). The molecule has 0 spiro atoms. The molecule has 0 aliphatic carbocycles. The molecular weight excluding hydrogens is 194 g/mol. The summed E-state index contributed by atoms with van der Waals surface area (Å²) in [5, 5.41) is 10.2. The normalized spacial score (nSPS) is 10.5. The second-order valence-electron chi connectivity index (χ2n) is 3.45. The molecule has 0 atom stereocenters. The fourth-order valence-corrected chi connectivity index (χ4v) is 1.45. The van der Waals surface area contributed by atoms with E-state index < -0.39 is 0 Å². The van der Waals surface area contributed by atoms with E-state index >= 15 is 0 Å². The molecule has 0 aliphatic rings. The number of aryl methyl sites for hydroxylation is 2. The summed E-state index contributed by atoms with van der Waals surface area (Å²) < 4.78 is 3.53. The Hall–Kier alpha value is -1.98. The third-order valence-corrected chi connectivity index (χ3v) is 2.17. The van der Waals surface area contributed by atoms with Crippen LogP contribution in [0.15, 0.2) is 23.6 Å². The van der Waals surface area contributed by atoms with E-state index in [-0.39, 0.29) is 0 Å². The molecule has 6 nitrogen and oxygen atoms in total. The SMILES string of the molecule is Cc1[nH][n+](Cc2ccn(C)n2)cc1N=O. The maximum atomic E-state index is 10.4. The van der Waals surface area contributed by atoms with E-state index in [0.29, 0.717) is 12.2 Å². The minimum absolute atomic E-state index is 0.436. The van der Waals surface area contributed by atoms with Crippen LogP contribution in [0, 0.1) is 11.8 Å². The summed E-state index contributed by atoms with van der Waals surface area (Å²) in [5.41, 5.74) is 2.13. The zero-order chi connectivity index (χ0) is 10.8. The van der Waals surface area contributed by atoms with Gasteiger partial charge in [0, 0.05) is 13.2 Å². The van der Waals surface area contributed by atoms with E-state index in [1.807, 2.05) is 26.2 Å². The monoisotopic (exact) mass is 206 g/mol. The Morgan fingerprint density at radius 2 is 2.47 bits per heavy atom. The van der Waals surface area contributed by atoms with Gasteiger partial charge in [-0.1, -0.05) is 0 Å². The van der Waals surface area contributed by atoms with Crippen LogP contribution in [0.1, 0.15) is 11.4 Å².